The van der Waals surface area contributed by atoms with E-state index in [1.54, 1.807) is 38.1 Å². The molecule has 43 heavy (non-hydrogen) atoms. The van der Waals surface area contributed by atoms with Crippen LogP contribution in [0.4, 0.5) is 15.8 Å². The van der Waals surface area contributed by atoms with Crippen LogP contribution < -0.4 is 16.0 Å². The normalized spacial score (nSPS) is 22.6. The lowest BCUT2D eigenvalue weighted by Gasteiger charge is -2.37. The number of hydrogen-bond acceptors (Lipinski definition) is 6. The number of methoxy groups -OCH3 is 1. The SMILES string of the molecule is COC(=O)c1ccc(NC(=O)[C@@H]2N[C@@H](CC(C)(C)C#N)[C@@]3(C(=O)Nc4cc(Cl)ccc43)[C@H]2c2cccc(Cl)c2F)c(Cl)c1. The molecular formula is C31H26Cl3FN4O4. The quantitative estimate of drug-likeness (QED) is 0.265. The maximum atomic E-state index is 15.9. The van der Waals surface area contributed by atoms with E-state index in [0.29, 0.717) is 16.3 Å². The number of benzene rings is 3. The molecule has 2 amide bonds. The fourth-order valence-electron chi connectivity index (χ4n) is 6.17. The van der Waals surface area contributed by atoms with Gasteiger partial charge in [0.15, 0.2) is 0 Å². The molecule has 2 aliphatic heterocycles. The molecule has 0 aromatic heterocycles. The Morgan fingerprint density at radius 1 is 1.12 bits per heavy atom. The number of hydrogen-bond donors (Lipinski definition) is 3. The highest BCUT2D eigenvalue weighted by Gasteiger charge is 2.66. The van der Waals surface area contributed by atoms with E-state index >= 15 is 4.39 Å². The predicted molar refractivity (Wildman–Crippen MR) is 162 cm³/mol. The van der Waals surface area contributed by atoms with Gasteiger partial charge in [0.05, 0.1) is 45.9 Å². The van der Waals surface area contributed by atoms with E-state index in [0.717, 1.165) is 0 Å². The first kappa shape index (κ1) is 30.8. The molecule has 0 unspecified atom stereocenters. The van der Waals surface area contributed by atoms with Crippen LogP contribution in [0.5, 0.6) is 0 Å². The number of carbonyl (C=O) groups excluding carboxylic acids is 3. The first-order chi connectivity index (χ1) is 20.3. The molecule has 8 nitrogen and oxygen atoms in total. The Morgan fingerprint density at radius 2 is 1.86 bits per heavy atom. The fraction of sp³-hybridized carbons (Fsp3) is 0.290. The number of halogens is 4. The lowest BCUT2D eigenvalue weighted by atomic mass is 9.62. The van der Waals surface area contributed by atoms with E-state index in [-0.39, 0.29) is 33.3 Å². The Morgan fingerprint density at radius 3 is 2.53 bits per heavy atom. The maximum Gasteiger partial charge on any atom is 0.337 e. The van der Waals surface area contributed by atoms with Crippen molar-refractivity contribution in [1.82, 2.24) is 5.32 Å². The smallest absolute Gasteiger partial charge is 0.337 e. The second kappa shape index (κ2) is 11.4. The number of nitriles is 1. The van der Waals surface area contributed by atoms with Gasteiger partial charge in [-0.3, -0.25) is 9.59 Å². The average molecular weight is 644 g/mol. The molecule has 2 heterocycles. The molecule has 3 aromatic rings. The van der Waals surface area contributed by atoms with Crippen molar-refractivity contribution >= 4 is 64.0 Å². The second-order valence-electron chi connectivity index (χ2n) is 11.2. The van der Waals surface area contributed by atoms with Crippen molar-refractivity contribution in [3.05, 3.63) is 92.2 Å². The number of nitrogens with zero attached hydrogens (tertiary/aromatic N) is 1. The summed E-state index contributed by atoms with van der Waals surface area (Å²) in [7, 11) is 1.23. The monoisotopic (exact) mass is 642 g/mol. The van der Waals surface area contributed by atoms with Crippen molar-refractivity contribution < 1.29 is 23.5 Å². The van der Waals surface area contributed by atoms with Crippen LogP contribution in [0.15, 0.2) is 54.6 Å². The van der Waals surface area contributed by atoms with Gasteiger partial charge in [0.25, 0.3) is 0 Å². The third-order valence-corrected chi connectivity index (χ3v) is 8.91. The van der Waals surface area contributed by atoms with Crippen LogP contribution in [0.2, 0.25) is 15.1 Å². The highest BCUT2D eigenvalue weighted by molar-refractivity contribution is 6.34. The van der Waals surface area contributed by atoms with Gasteiger partial charge in [-0.1, -0.05) is 53.0 Å². The van der Waals surface area contributed by atoms with Gasteiger partial charge >= 0.3 is 5.97 Å². The number of carbonyl (C=O) groups is 3. The summed E-state index contributed by atoms with van der Waals surface area (Å²) in [6.45, 7) is 3.45. The van der Waals surface area contributed by atoms with E-state index in [9.17, 15) is 19.6 Å². The zero-order valence-electron chi connectivity index (χ0n) is 23.2. The minimum absolute atomic E-state index is 0.0440. The van der Waals surface area contributed by atoms with Gasteiger partial charge in [-0.05, 0) is 67.8 Å². The van der Waals surface area contributed by atoms with Crippen LogP contribution in [0.25, 0.3) is 0 Å². The molecule has 1 saturated heterocycles. The van der Waals surface area contributed by atoms with Crippen molar-refractivity contribution in [2.24, 2.45) is 5.41 Å². The van der Waals surface area contributed by atoms with Crippen molar-refractivity contribution in [3.8, 4) is 6.07 Å². The summed E-state index contributed by atoms with van der Waals surface area (Å²) in [6.07, 6.45) is 0.135. The van der Waals surface area contributed by atoms with Crippen molar-refractivity contribution in [2.45, 2.75) is 43.7 Å². The molecule has 1 fully saturated rings. The fourth-order valence-corrected chi connectivity index (χ4v) is 6.75. The molecule has 2 aliphatic rings. The van der Waals surface area contributed by atoms with Gasteiger partial charge in [0, 0.05) is 22.7 Å². The van der Waals surface area contributed by atoms with Gasteiger partial charge in [0.1, 0.15) is 11.2 Å². The molecule has 5 rings (SSSR count). The van der Waals surface area contributed by atoms with Crippen LogP contribution in [0, 0.1) is 22.6 Å². The lowest BCUT2D eigenvalue weighted by molar-refractivity contribution is -0.122. The van der Waals surface area contributed by atoms with Gasteiger partial charge in [-0.15, -0.1) is 0 Å². The highest BCUT2D eigenvalue weighted by atomic mass is 35.5. The molecule has 0 radical (unpaired) electrons. The molecule has 1 spiro atoms. The van der Waals surface area contributed by atoms with Crippen LogP contribution >= 0.6 is 34.8 Å². The number of amides is 2. The first-order valence-electron chi connectivity index (χ1n) is 13.3. The van der Waals surface area contributed by atoms with E-state index in [1.807, 2.05) is 0 Å². The number of anilines is 2. The second-order valence-corrected chi connectivity index (χ2v) is 12.5. The van der Waals surface area contributed by atoms with Crippen molar-refractivity contribution in [3.63, 3.8) is 0 Å². The first-order valence-corrected chi connectivity index (χ1v) is 14.4. The minimum atomic E-state index is -1.54. The molecule has 0 saturated carbocycles. The lowest BCUT2D eigenvalue weighted by Crippen LogP contribution is -2.50. The standard InChI is InChI=1S/C31H26Cl3FN4O4/c1-30(2,14-36)13-23-31(18-9-8-16(32)12-22(18)38-29(31)42)24(17-5-4-6-19(33)25(17)35)26(39-23)27(40)37-21-10-7-15(11-20(21)34)28(41)43-3/h4-12,23-24,26,39H,13H2,1-3H3,(H,37,40)(H,38,42)/t23-,24-,26+,31+/m0/s1. The zero-order chi connectivity index (χ0) is 31.3. The Hall–Kier alpha value is -3.68. The highest BCUT2D eigenvalue weighted by Crippen LogP contribution is 2.57. The largest absolute Gasteiger partial charge is 0.465 e. The summed E-state index contributed by atoms with van der Waals surface area (Å²) < 4.78 is 20.6. The Balaban J connectivity index is 1.69. The number of esters is 1. The minimum Gasteiger partial charge on any atom is -0.465 e. The predicted octanol–water partition coefficient (Wildman–Crippen LogP) is 6.47. The van der Waals surface area contributed by atoms with Gasteiger partial charge < -0.3 is 20.7 Å². The van der Waals surface area contributed by atoms with Crippen molar-refractivity contribution in [2.75, 3.05) is 17.7 Å². The molecule has 222 valence electrons. The number of rotatable bonds is 6. The third kappa shape index (κ3) is 5.23. The summed E-state index contributed by atoms with van der Waals surface area (Å²) in [5.41, 5.74) is -1.14. The number of nitrogens with one attached hydrogen (secondary N) is 3. The summed E-state index contributed by atoms with van der Waals surface area (Å²) in [5.74, 6) is -3.60. The Labute approximate surface area is 262 Å². The van der Waals surface area contributed by atoms with E-state index in [1.165, 1.54) is 37.4 Å². The molecule has 4 atom stereocenters. The van der Waals surface area contributed by atoms with Gasteiger partial charge in [-0.25, -0.2) is 9.18 Å². The Bertz CT molecular complexity index is 1710. The van der Waals surface area contributed by atoms with E-state index in [2.05, 4.69) is 22.0 Å². The van der Waals surface area contributed by atoms with Crippen molar-refractivity contribution in [1.29, 1.82) is 5.26 Å². The van der Waals surface area contributed by atoms with Crippen LogP contribution in [0.3, 0.4) is 0 Å². The number of fused-ring (bicyclic) bond motifs is 2. The van der Waals surface area contributed by atoms with Crippen LogP contribution in [-0.4, -0.2) is 37.0 Å². The molecule has 3 N–H and O–H groups in total. The topological polar surface area (TPSA) is 120 Å². The summed E-state index contributed by atoms with van der Waals surface area (Å²) in [4.78, 5) is 40.3. The third-order valence-electron chi connectivity index (χ3n) is 8.07. The Kier molecular flexibility index (Phi) is 8.18. The maximum absolute atomic E-state index is 15.9. The summed E-state index contributed by atoms with van der Waals surface area (Å²) >= 11 is 18.9. The summed E-state index contributed by atoms with van der Waals surface area (Å²) in [6, 6.07) is 13.8. The molecule has 3 aromatic carbocycles. The molecule has 0 bridgehead atoms. The summed E-state index contributed by atoms with van der Waals surface area (Å²) in [5, 5.41) is 19.1. The molecule has 0 aliphatic carbocycles. The number of ether oxygens (including phenoxy) is 1. The van der Waals surface area contributed by atoms with Gasteiger partial charge in [0.2, 0.25) is 11.8 Å². The molecular weight excluding hydrogens is 618 g/mol. The van der Waals surface area contributed by atoms with Crippen LogP contribution in [-0.2, 0) is 19.7 Å². The average Bonchev–Trinajstić information content (AvgIpc) is 3.44. The van der Waals surface area contributed by atoms with E-state index in [4.69, 9.17) is 39.5 Å². The zero-order valence-corrected chi connectivity index (χ0v) is 25.5. The van der Waals surface area contributed by atoms with Crippen LogP contribution in [0.1, 0.15) is 47.7 Å². The van der Waals surface area contributed by atoms with Gasteiger partial charge in [-0.2, -0.15) is 5.26 Å². The van der Waals surface area contributed by atoms with E-state index < -0.39 is 52.4 Å². The molecule has 12 heteroatoms.